The molecule has 1 aromatic carbocycles. The third kappa shape index (κ3) is 5.00. The second-order valence-electron chi connectivity index (χ2n) is 10.7. The Morgan fingerprint density at radius 3 is 2.65 bits per heavy atom. The van der Waals surface area contributed by atoms with Crippen LogP contribution >= 0.6 is 0 Å². The number of halogens is 3. The normalized spacial score (nSPS) is 21.7. The Bertz CT molecular complexity index is 1280. The van der Waals surface area contributed by atoms with E-state index in [4.69, 9.17) is 0 Å². The SMILES string of the molecule is C[C@@H]1CN(CC(=O)N2CC(C)(C)c3ncc(C(F)(F)c4ccccc4)cc32)[C@@H](Cn2cc(F)cn2)CN1. The van der Waals surface area contributed by atoms with Crippen molar-refractivity contribution in [3.8, 4) is 0 Å². The molecule has 10 heteroatoms. The molecule has 196 valence electrons. The summed E-state index contributed by atoms with van der Waals surface area (Å²) < 4.78 is 45.7. The molecule has 2 aliphatic heterocycles. The molecule has 37 heavy (non-hydrogen) atoms. The molecule has 0 radical (unpaired) electrons. The number of nitrogens with one attached hydrogen (secondary N) is 1. The predicted octanol–water partition coefficient (Wildman–Crippen LogP) is 3.54. The zero-order valence-corrected chi connectivity index (χ0v) is 21.2. The summed E-state index contributed by atoms with van der Waals surface area (Å²) in [5.74, 6) is -3.84. The van der Waals surface area contributed by atoms with E-state index in [1.807, 2.05) is 20.8 Å². The highest BCUT2D eigenvalue weighted by molar-refractivity contribution is 5.97. The summed E-state index contributed by atoms with van der Waals surface area (Å²) in [5.41, 5.74) is 0.207. The first-order valence-electron chi connectivity index (χ1n) is 12.4. The van der Waals surface area contributed by atoms with E-state index >= 15 is 8.78 Å². The van der Waals surface area contributed by atoms with E-state index in [-0.39, 0.29) is 35.7 Å². The van der Waals surface area contributed by atoms with Crippen LogP contribution in [0.4, 0.5) is 18.9 Å². The first kappa shape index (κ1) is 25.4. The maximum absolute atomic E-state index is 15.4. The fourth-order valence-electron chi connectivity index (χ4n) is 5.26. The summed E-state index contributed by atoms with van der Waals surface area (Å²) in [6.45, 7) is 8.08. The summed E-state index contributed by atoms with van der Waals surface area (Å²) >= 11 is 0. The van der Waals surface area contributed by atoms with Gasteiger partial charge in [0.05, 0.1) is 36.9 Å². The van der Waals surface area contributed by atoms with Crippen molar-refractivity contribution in [2.45, 2.75) is 50.7 Å². The van der Waals surface area contributed by atoms with Gasteiger partial charge in [0.1, 0.15) is 0 Å². The van der Waals surface area contributed by atoms with Crippen LogP contribution in [0.1, 0.15) is 37.6 Å². The van der Waals surface area contributed by atoms with Crippen LogP contribution in [0.15, 0.2) is 55.0 Å². The lowest BCUT2D eigenvalue weighted by molar-refractivity contribution is -0.120. The fourth-order valence-corrected chi connectivity index (χ4v) is 5.26. The third-order valence-electron chi connectivity index (χ3n) is 7.22. The Morgan fingerprint density at radius 1 is 1.19 bits per heavy atom. The number of benzene rings is 1. The number of alkyl halides is 2. The number of piperazine rings is 1. The number of carbonyl (C=O) groups excluding carboxylic acids is 1. The molecule has 2 aliphatic rings. The van der Waals surface area contributed by atoms with E-state index in [2.05, 4.69) is 20.3 Å². The highest BCUT2D eigenvalue weighted by Crippen LogP contribution is 2.43. The van der Waals surface area contributed by atoms with Crippen LogP contribution in [-0.4, -0.2) is 63.8 Å². The molecule has 0 bridgehead atoms. The van der Waals surface area contributed by atoms with Crippen molar-refractivity contribution in [2.24, 2.45) is 0 Å². The second kappa shape index (κ2) is 9.57. The van der Waals surface area contributed by atoms with Crippen LogP contribution in [0.3, 0.4) is 0 Å². The minimum atomic E-state index is -3.25. The van der Waals surface area contributed by atoms with Gasteiger partial charge in [0.15, 0.2) is 5.82 Å². The zero-order chi connectivity index (χ0) is 26.4. The Morgan fingerprint density at radius 2 is 1.95 bits per heavy atom. The van der Waals surface area contributed by atoms with E-state index in [9.17, 15) is 9.18 Å². The molecule has 4 heterocycles. The molecule has 2 aromatic heterocycles. The van der Waals surface area contributed by atoms with Gasteiger partial charge in [0, 0.05) is 54.5 Å². The maximum atomic E-state index is 15.4. The van der Waals surface area contributed by atoms with Gasteiger partial charge in [-0.05, 0) is 13.0 Å². The summed E-state index contributed by atoms with van der Waals surface area (Å²) in [4.78, 5) is 21.7. The average molecular weight is 513 g/mol. The van der Waals surface area contributed by atoms with Crippen LogP contribution in [-0.2, 0) is 22.7 Å². The van der Waals surface area contributed by atoms with Crippen LogP contribution < -0.4 is 10.2 Å². The Balaban J connectivity index is 1.40. The molecule has 0 saturated carbocycles. The van der Waals surface area contributed by atoms with Gasteiger partial charge in [0.25, 0.3) is 5.92 Å². The Hall–Kier alpha value is -3.24. The largest absolute Gasteiger partial charge is 0.311 e. The molecule has 1 amide bonds. The zero-order valence-electron chi connectivity index (χ0n) is 21.2. The van der Waals surface area contributed by atoms with Crippen LogP contribution in [0.5, 0.6) is 0 Å². The predicted molar refractivity (Wildman–Crippen MR) is 134 cm³/mol. The minimum absolute atomic E-state index is 0.0820. The van der Waals surface area contributed by atoms with E-state index in [0.717, 1.165) is 6.20 Å². The first-order chi connectivity index (χ1) is 17.5. The highest BCUT2D eigenvalue weighted by atomic mass is 19.3. The lowest BCUT2D eigenvalue weighted by Gasteiger charge is -2.39. The first-order valence-corrected chi connectivity index (χ1v) is 12.4. The molecule has 0 spiro atoms. The summed E-state index contributed by atoms with van der Waals surface area (Å²) in [6.07, 6.45) is 3.71. The van der Waals surface area contributed by atoms with Crippen LogP contribution in [0.2, 0.25) is 0 Å². The van der Waals surface area contributed by atoms with E-state index < -0.39 is 17.2 Å². The van der Waals surface area contributed by atoms with Crippen molar-refractivity contribution in [1.29, 1.82) is 0 Å². The smallest absolute Gasteiger partial charge is 0.300 e. The van der Waals surface area contributed by atoms with E-state index in [1.54, 1.807) is 23.1 Å². The number of nitrogens with zero attached hydrogens (tertiary/aromatic N) is 5. The Labute approximate surface area is 214 Å². The van der Waals surface area contributed by atoms with Gasteiger partial charge < -0.3 is 10.2 Å². The quantitative estimate of drug-likeness (QED) is 0.548. The van der Waals surface area contributed by atoms with Crippen molar-refractivity contribution in [2.75, 3.05) is 31.1 Å². The molecule has 2 atom stereocenters. The molecule has 1 N–H and O–H groups in total. The van der Waals surface area contributed by atoms with Gasteiger partial charge in [-0.3, -0.25) is 19.4 Å². The molecule has 7 nitrogen and oxygen atoms in total. The van der Waals surface area contributed by atoms with Crippen molar-refractivity contribution >= 4 is 11.6 Å². The van der Waals surface area contributed by atoms with Crippen molar-refractivity contribution in [3.63, 3.8) is 0 Å². The molecule has 0 aliphatic carbocycles. The Kier molecular flexibility index (Phi) is 6.57. The number of amides is 1. The number of carbonyl (C=O) groups is 1. The lowest BCUT2D eigenvalue weighted by Crippen LogP contribution is -2.59. The van der Waals surface area contributed by atoms with E-state index in [0.29, 0.717) is 37.6 Å². The van der Waals surface area contributed by atoms with Gasteiger partial charge in [-0.1, -0.05) is 44.2 Å². The fraction of sp³-hybridized carbons (Fsp3) is 0.444. The molecule has 1 fully saturated rings. The number of pyridine rings is 1. The van der Waals surface area contributed by atoms with Gasteiger partial charge >= 0.3 is 0 Å². The third-order valence-corrected chi connectivity index (χ3v) is 7.22. The molecule has 3 aromatic rings. The van der Waals surface area contributed by atoms with E-state index in [1.165, 1.54) is 35.3 Å². The van der Waals surface area contributed by atoms with Gasteiger partial charge in [-0.2, -0.15) is 13.9 Å². The van der Waals surface area contributed by atoms with Crippen LogP contribution in [0, 0.1) is 5.82 Å². The topological polar surface area (TPSA) is 66.3 Å². The number of anilines is 1. The minimum Gasteiger partial charge on any atom is -0.311 e. The van der Waals surface area contributed by atoms with Crippen molar-refractivity contribution in [1.82, 2.24) is 25.0 Å². The van der Waals surface area contributed by atoms with Gasteiger partial charge in [0.2, 0.25) is 5.91 Å². The molecular formula is C27H31F3N6O. The highest BCUT2D eigenvalue weighted by Gasteiger charge is 2.43. The van der Waals surface area contributed by atoms with Crippen molar-refractivity contribution in [3.05, 3.63) is 77.6 Å². The molecule has 0 unspecified atom stereocenters. The number of fused-ring (bicyclic) bond motifs is 1. The number of rotatable bonds is 6. The molecule has 1 saturated heterocycles. The monoisotopic (exact) mass is 512 g/mol. The van der Waals surface area contributed by atoms with Gasteiger partial charge in [-0.25, -0.2) is 4.39 Å². The summed E-state index contributed by atoms with van der Waals surface area (Å²) in [5, 5.41) is 7.44. The summed E-state index contributed by atoms with van der Waals surface area (Å²) in [6, 6.07) is 9.11. The lowest BCUT2D eigenvalue weighted by atomic mass is 9.90. The number of aromatic nitrogens is 3. The maximum Gasteiger partial charge on any atom is 0.300 e. The molecular weight excluding hydrogens is 481 g/mol. The van der Waals surface area contributed by atoms with Crippen molar-refractivity contribution < 1.29 is 18.0 Å². The van der Waals surface area contributed by atoms with Crippen LogP contribution in [0.25, 0.3) is 0 Å². The molecule has 5 rings (SSSR count). The number of hydrogen-bond acceptors (Lipinski definition) is 5. The number of hydrogen-bond donors (Lipinski definition) is 1. The average Bonchev–Trinajstić information content (AvgIpc) is 3.40. The standard InChI is InChI=1S/C27H31F3N6O/c1-18-13-34(22(12-31-18)15-35-14-21(28)11-33-35)16-24(37)36-17-26(2,3)25-23(36)9-20(10-32-25)27(29,30)19-7-5-4-6-8-19/h4-11,14,18,22,31H,12-13,15-17H2,1-3H3/t18-,22-/m1/s1. The summed E-state index contributed by atoms with van der Waals surface area (Å²) in [7, 11) is 0. The second-order valence-corrected chi connectivity index (χ2v) is 10.7. The van der Waals surface area contributed by atoms with Gasteiger partial charge in [-0.15, -0.1) is 0 Å².